The maximum Gasteiger partial charge on any atom is 0.226 e. The third-order valence-electron chi connectivity index (χ3n) is 3.25. The highest BCUT2D eigenvalue weighted by Gasteiger charge is 2.08. The normalized spacial score (nSPS) is 10.4. The molecule has 0 aliphatic carbocycles. The van der Waals surface area contributed by atoms with Gasteiger partial charge in [0.15, 0.2) is 0 Å². The Morgan fingerprint density at radius 3 is 2.65 bits per heavy atom. The number of carbonyl (C=O) groups is 1. The highest BCUT2D eigenvalue weighted by molar-refractivity contribution is 6.33. The number of halogens is 1. The van der Waals surface area contributed by atoms with Crippen molar-refractivity contribution in [1.82, 2.24) is 4.98 Å². The van der Waals surface area contributed by atoms with E-state index >= 15 is 0 Å². The van der Waals surface area contributed by atoms with Crippen LogP contribution in [0.5, 0.6) is 5.75 Å². The molecule has 122 valence electrons. The predicted molar refractivity (Wildman–Crippen MR) is 89.9 cm³/mol. The van der Waals surface area contributed by atoms with E-state index in [2.05, 4.69) is 10.3 Å². The van der Waals surface area contributed by atoms with Gasteiger partial charge in [-0.2, -0.15) is 0 Å². The summed E-state index contributed by atoms with van der Waals surface area (Å²) in [4.78, 5) is 15.9. The first kappa shape index (κ1) is 17.2. The number of anilines is 1. The standard InChI is InChI=1S/C17H19ClN2O3/c1-12-9-19-10-15(18)17(12)20-16(21)7-8-23-11-13-3-5-14(22-2)6-4-13/h3-6,9-10H,7-8,11H2,1-2H3,(H,19,20,21). The number of aromatic nitrogens is 1. The lowest BCUT2D eigenvalue weighted by Crippen LogP contribution is -2.15. The van der Waals surface area contributed by atoms with Gasteiger partial charge in [-0.3, -0.25) is 9.78 Å². The number of amides is 1. The number of hydrogen-bond acceptors (Lipinski definition) is 4. The van der Waals surface area contributed by atoms with Gasteiger partial charge >= 0.3 is 0 Å². The molecule has 0 atom stereocenters. The zero-order chi connectivity index (χ0) is 16.7. The molecule has 2 rings (SSSR count). The second kappa shape index (κ2) is 8.50. The number of carbonyl (C=O) groups excluding carboxylic acids is 1. The topological polar surface area (TPSA) is 60.5 Å². The molecule has 0 spiro atoms. The van der Waals surface area contributed by atoms with E-state index in [1.807, 2.05) is 31.2 Å². The molecule has 0 bridgehead atoms. The molecule has 0 unspecified atom stereocenters. The Bertz CT molecular complexity index is 639. The van der Waals surface area contributed by atoms with Crippen LogP contribution in [0.2, 0.25) is 5.02 Å². The molecule has 6 heteroatoms. The lowest BCUT2D eigenvalue weighted by atomic mass is 10.2. The van der Waals surface area contributed by atoms with Gasteiger partial charge in [0.05, 0.1) is 37.5 Å². The number of aryl methyl sites for hydroxylation is 1. The molecule has 1 amide bonds. The van der Waals surface area contributed by atoms with Crippen molar-refractivity contribution in [2.24, 2.45) is 0 Å². The molecule has 1 heterocycles. The second-order valence-electron chi connectivity index (χ2n) is 5.01. The molecular formula is C17H19ClN2O3. The molecule has 1 N–H and O–H groups in total. The summed E-state index contributed by atoms with van der Waals surface area (Å²) in [6.45, 7) is 2.63. The molecule has 23 heavy (non-hydrogen) atoms. The van der Waals surface area contributed by atoms with Crippen molar-refractivity contribution in [3.63, 3.8) is 0 Å². The Labute approximate surface area is 140 Å². The van der Waals surface area contributed by atoms with Gasteiger partial charge in [0.1, 0.15) is 5.75 Å². The van der Waals surface area contributed by atoms with Gasteiger partial charge in [0.25, 0.3) is 0 Å². The van der Waals surface area contributed by atoms with E-state index in [9.17, 15) is 4.79 Å². The highest BCUT2D eigenvalue weighted by Crippen LogP contribution is 2.23. The zero-order valence-corrected chi connectivity index (χ0v) is 13.9. The summed E-state index contributed by atoms with van der Waals surface area (Å²) in [6, 6.07) is 7.61. The first-order valence-electron chi connectivity index (χ1n) is 7.21. The second-order valence-corrected chi connectivity index (χ2v) is 5.42. The summed E-state index contributed by atoms with van der Waals surface area (Å²) in [5, 5.41) is 3.21. The number of rotatable bonds is 7. The fourth-order valence-corrected chi connectivity index (χ4v) is 2.22. The Balaban J connectivity index is 1.74. The molecule has 0 aliphatic rings. The minimum atomic E-state index is -0.143. The SMILES string of the molecule is COc1ccc(COCCC(=O)Nc2c(C)cncc2Cl)cc1. The van der Waals surface area contributed by atoms with Crippen LogP contribution in [0, 0.1) is 6.92 Å². The van der Waals surface area contributed by atoms with Crippen LogP contribution in [0.15, 0.2) is 36.7 Å². The lowest BCUT2D eigenvalue weighted by molar-refractivity contribution is -0.117. The summed E-state index contributed by atoms with van der Waals surface area (Å²) >= 11 is 6.02. The number of pyridine rings is 1. The van der Waals surface area contributed by atoms with Crippen LogP contribution in [0.4, 0.5) is 5.69 Å². The van der Waals surface area contributed by atoms with Gasteiger partial charge in [0, 0.05) is 12.4 Å². The van der Waals surface area contributed by atoms with Crippen LogP contribution >= 0.6 is 11.6 Å². The number of benzene rings is 1. The van der Waals surface area contributed by atoms with E-state index in [-0.39, 0.29) is 12.3 Å². The van der Waals surface area contributed by atoms with Crippen LogP contribution < -0.4 is 10.1 Å². The molecule has 0 saturated carbocycles. The maximum atomic E-state index is 11.9. The Kier molecular flexibility index (Phi) is 6.38. The van der Waals surface area contributed by atoms with E-state index in [1.165, 1.54) is 6.20 Å². The van der Waals surface area contributed by atoms with Crippen LogP contribution in [0.1, 0.15) is 17.5 Å². The number of nitrogens with zero attached hydrogens (tertiary/aromatic N) is 1. The fraction of sp³-hybridized carbons (Fsp3) is 0.294. The summed E-state index contributed by atoms with van der Waals surface area (Å²) in [6.07, 6.45) is 3.42. The molecule has 0 saturated heterocycles. The van der Waals surface area contributed by atoms with Crippen molar-refractivity contribution in [1.29, 1.82) is 0 Å². The molecule has 1 aromatic carbocycles. The van der Waals surface area contributed by atoms with Gasteiger partial charge in [-0.15, -0.1) is 0 Å². The first-order chi connectivity index (χ1) is 11.1. The molecule has 0 radical (unpaired) electrons. The zero-order valence-electron chi connectivity index (χ0n) is 13.1. The highest BCUT2D eigenvalue weighted by atomic mass is 35.5. The molecule has 2 aromatic rings. The van der Waals surface area contributed by atoms with Crippen molar-refractivity contribution >= 4 is 23.2 Å². The lowest BCUT2D eigenvalue weighted by Gasteiger charge is -2.10. The summed E-state index contributed by atoms with van der Waals surface area (Å²) in [5.41, 5.74) is 2.45. The smallest absolute Gasteiger partial charge is 0.226 e. The largest absolute Gasteiger partial charge is 0.497 e. The third kappa shape index (κ3) is 5.23. The van der Waals surface area contributed by atoms with Crippen molar-refractivity contribution in [2.45, 2.75) is 20.0 Å². The molecule has 0 fully saturated rings. The average molecular weight is 335 g/mol. The molecule has 1 aromatic heterocycles. The van der Waals surface area contributed by atoms with Gasteiger partial charge in [-0.05, 0) is 30.2 Å². The van der Waals surface area contributed by atoms with Crippen molar-refractivity contribution < 1.29 is 14.3 Å². The van der Waals surface area contributed by atoms with E-state index in [0.717, 1.165) is 16.9 Å². The van der Waals surface area contributed by atoms with Gasteiger partial charge in [-0.25, -0.2) is 0 Å². The number of nitrogens with one attached hydrogen (secondary N) is 1. The Hall–Kier alpha value is -2.11. The quantitative estimate of drug-likeness (QED) is 0.786. The van der Waals surface area contributed by atoms with Gasteiger partial charge in [0.2, 0.25) is 5.91 Å². The van der Waals surface area contributed by atoms with Crippen LogP contribution in [-0.2, 0) is 16.1 Å². The molecule has 0 aliphatic heterocycles. The molecular weight excluding hydrogens is 316 g/mol. The molecule has 5 nitrogen and oxygen atoms in total. The third-order valence-corrected chi connectivity index (χ3v) is 3.54. The van der Waals surface area contributed by atoms with Crippen molar-refractivity contribution in [3.8, 4) is 5.75 Å². The van der Waals surface area contributed by atoms with E-state index < -0.39 is 0 Å². The first-order valence-corrected chi connectivity index (χ1v) is 7.58. The summed E-state index contributed by atoms with van der Waals surface area (Å²) < 4.78 is 10.6. The number of methoxy groups -OCH3 is 1. The van der Waals surface area contributed by atoms with Gasteiger partial charge < -0.3 is 14.8 Å². The van der Waals surface area contributed by atoms with Crippen LogP contribution in [0.3, 0.4) is 0 Å². The minimum absolute atomic E-state index is 0.143. The minimum Gasteiger partial charge on any atom is -0.497 e. The predicted octanol–water partition coefficient (Wildman–Crippen LogP) is 3.60. The number of ether oxygens (including phenoxy) is 2. The van der Waals surface area contributed by atoms with Crippen molar-refractivity contribution in [2.75, 3.05) is 19.0 Å². The Morgan fingerprint density at radius 2 is 2.00 bits per heavy atom. The van der Waals surface area contributed by atoms with Crippen molar-refractivity contribution in [3.05, 3.63) is 52.8 Å². The summed E-state index contributed by atoms with van der Waals surface area (Å²) in [7, 11) is 1.63. The van der Waals surface area contributed by atoms with Gasteiger partial charge in [-0.1, -0.05) is 23.7 Å². The summed E-state index contributed by atoms with van der Waals surface area (Å²) in [5.74, 6) is 0.661. The van der Waals surface area contributed by atoms with Crippen LogP contribution in [0.25, 0.3) is 0 Å². The average Bonchev–Trinajstić information content (AvgIpc) is 2.56. The number of hydrogen-bond donors (Lipinski definition) is 1. The Morgan fingerprint density at radius 1 is 1.26 bits per heavy atom. The maximum absolute atomic E-state index is 11.9. The monoisotopic (exact) mass is 334 g/mol. The fourth-order valence-electron chi connectivity index (χ4n) is 1.97. The van der Waals surface area contributed by atoms with E-state index in [4.69, 9.17) is 21.1 Å². The van der Waals surface area contributed by atoms with Crippen LogP contribution in [-0.4, -0.2) is 24.6 Å². The van der Waals surface area contributed by atoms with E-state index in [1.54, 1.807) is 13.3 Å². The van der Waals surface area contributed by atoms with E-state index in [0.29, 0.717) is 23.9 Å².